The van der Waals surface area contributed by atoms with Crippen LogP contribution in [-0.2, 0) is 9.59 Å². The number of thioether (sulfide) groups is 1. The molecule has 0 spiro atoms. The van der Waals surface area contributed by atoms with Crippen LogP contribution in [0.2, 0.25) is 0 Å². The SMILES string of the molecule is CN(C)c1ccc(/C=C(\NC(=O)c2ccccc2)C(=O)Nc2ccc(SCC(=O)Nc3nc(-c4cccs4)cs3)cc2)cc1. The number of thiophene rings is 1. The molecule has 0 aliphatic carbocycles. The van der Waals surface area contributed by atoms with Crippen LogP contribution in [0.25, 0.3) is 16.6 Å². The zero-order valence-corrected chi connectivity index (χ0v) is 26.4. The summed E-state index contributed by atoms with van der Waals surface area (Å²) in [6, 6.07) is 27.5. The van der Waals surface area contributed by atoms with E-state index in [4.69, 9.17) is 0 Å². The van der Waals surface area contributed by atoms with E-state index < -0.39 is 5.91 Å². The summed E-state index contributed by atoms with van der Waals surface area (Å²) in [5.74, 6) is -0.787. The number of hydrogen-bond donors (Lipinski definition) is 3. The van der Waals surface area contributed by atoms with E-state index in [9.17, 15) is 14.4 Å². The summed E-state index contributed by atoms with van der Waals surface area (Å²) >= 11 is 4.38. The molecule has 0 unspecified atom stereocenters. The summed E-state index contributed by atoms with van der Waals surface area (Å²) in [4.78, 5) is 47.1. The lowest BCUT2D eigenvalue weighted by molar-refractivity contribution is -0.114. The van der Waals surface area contributed by atoms with Gasteiger partial charge in [0.15, 0.2) is 5.13 Å². The highest BCUT2D eigenvalue weighted by Gasteiger charge is 2.16. The lowest BCUT2D eigenvalue weighted by Crippen LogP contribution is -2.30. The van der Waals surface area contributed by atoms with Gasteiger partial charge in [-0.1, -0.05) is 36.4 Å². The van der Waals surface area contributed by atoms with Crippen molar-refractivity contribution in [2.45, 2.75) is 4.90 Å². The minimum atomic E-state index is -0.462. The zero-order chi connectivity index (χ0) is 30.9. The van der Waals surface area contributed by atoms with Crippen LogP contribution in [0.4, 0.5) is 16.5 Å². The van der Waals surface area contributed by atoms with E-state index in [1.807, 2.05) is 84.4 Å². The van der Waals surface area contributed by atoms with Crippen LogP contribution in [0.15, 0.2) is 112 Å². The van der Waals surface area contributed by atoms with Gasteiger partial charge in [-0.3, -0.25) is 14.4 Å². The Morgan fingerprint density at radius 2 is 1.61 bits per heavy atom. The molecular weight excluding hydrogens is 611 g/mol. The van der Waals surface area contributed by atoms with Crippen molar-refractivity contribution < 1.29 is 14.4 Å². The Morgan fingerprint density at radius 3 is 2.30 bits per heavy atom. The number of hydrogen-bond acceptors (Lipinski definition) is 8. The van der Waals surface area contributed by atoms with Gasteiger partial charge >= 0.3 is 0 Å². The second kappa shape index (κ2) is 14.6. The Hall–Kier alpha value is -4.71. The van der Waals surface area contributed by atoms with E-state index in [0.29, 0.717) is 16.4 Å². The predicted octanol–water partition coefficient (Wildman–Crippen LogP) is 7.08. The van der Waals surface area contributed by atoms with E-state index in [1.165, 1.54) is 23.1 Å². The Morgan fingerprint density at radius 1 is 0.864 bits per heavy atom. The number of benzene rings is 3. The van der Waals surface area contributed by atoms with Crippen molar-refractivity contribution in [2.24, 2.45) is 0 Å². The van der Waals surface area contributed by atoms with E-state index in [2.05, 4.69) is 20.9 Å². The predicted molar refractivity (Wildman–Crippen MR) is 183 cm³/mol. The average Bonchev–Trinajstić information content (AvgIpc) is 3.74. The highest BCUT2D eigenvalue weighted by atomic mass is 32.2. The Bertz CT molecular complexity index is 1750. The number of carbonyl (C=O) groups excluding carboxylic acids is 3. The summed E-state index contributed by atoms with van der Waals surface area (Å²) in [7, 11) is 3.90. The van der Waals surface area contributed by atoms with Crippen molar-refractivity contribution in [1.82, 2.24) is 10.3 Å². The maximum absolute atomic E-state index is 13.3. The second-order valence-corrected chi connectivity index (χ2v) is 12.5. The standard InChI is InChI=1S/C33H29N5O3S3/c1-38(2)25-14-10-22(11-15-25)19-27(35-31(40)23-7-4-3-5-8-23)32(41)34-24-12-16-26(17-13-24)43-21-30(39)37-33-36-28(20-44-33)29-9-6-18-42-29/h3-20H,21H2,1-2H3,(H,34,41)(H,35,40)(H,36,37,39)/b27-19-. The molecule has 0 fully saturated rings. The maximum Gasteiger partial charge on any atom is 0.272 e. The van der Waals surface area contributed by atoms with Gasteiger partial charge in [-0.2, -0.15) is 0 Å². The first-order chi connectivity index (χ1) is 21.3. The van der Waals surface area contributed by atoms with Crippen LogP contribution >= 0.6 is 34.4 Å². The minimum Gasteiger partial charge on any atom is -0.378 e. The first kappa shape index (κ1) is 30.7. The van der Waals surface area contributed by atoms with Crippen molar-refractivity contribution in [3.63, 3.8) is 0 Å². The van der Waals surface area contributed by atoms with Gasteiger partial charge in [0.25, 0.3) is 11.8 Å². The topological polar surface area (TPSA) is 103 Å². The van der Waals surface area contributed by atoms with Crippen LogP contribution in [0.5, 0.6) is 0 Å². The monoisotopic (exact) mass is 639 g/mol. The van der Waals surface area contributed by atoms with Gasteiger partial charge in [0.05, 0.1) is 16.3 Å². The number of rotatable bonds is 11. The smallest absolute Gasteiger partial charge is 0.272 e. The molecule has 5 rings (SSSR count). The van der Waals surface area contributed by atoms with Crippen molar-refractivity contribution >= 4 is 74.7 Å². The Kier molecular flexibility index (Phi) is 10.2. The number of thiazole rings is 1. The number of carbonyl (C=O) groups is 3. The zero-order valence-electron chi connectivity index (χ0n) is 23.9. The molecule has 11 heteroatoms. The molecule has 0 bridgehead atoms. The highest BCUT2D eigenvalue weighted by molar-refractivity contribution is 8.00. The van der Waals surface area contributed by atoms with Gasteiger partial charge < -0.3 is 20.9 Å². The Labute approximate surface area is 267 Å². The van der Waals surface area contributed by atoms with Gasteiger partial charge in [-0.05, 0) is 71.6 Å². The van der Waals surface area contributed by atoms with E-state index in [-0.39, 0.29) is 23.3 Å². The molecule has 2 aromatic heterocycles. The van der Waals surface area contributed by atoms with E-state index in [1.54, 1.807) is 53.8 Å². The van der Waals surface area contributed by atoms with Crippen LogP contribution in [0.3, 0.4) is 0 Å². The van der Waals surface area contributed by atoms with Gasteiger partial charge in [-0.15, -0.1) is 34.4 Å². The molecule has 0 atom stereocenters. The summed E-state index contributed by atoms with van der Waals surface area (Å²) in [5, 5.41) is 13.0. The van der Waals surface area contributed by atoms with Gasteiger partial charge in [0.1, 0.15) is 5.70 Å². The number of anilines is 3. The average molecular weight is 640 g/mol. The molecule has 2 heterocycles. The maximum atomic E-state index is 13.3. The van der Waals surface area contributed by atoms with Crippen LogP contribution in [-0.4, -0.2) is 42.6 Å². The van der Waals surface area contributed by atoms with Crippen molar-refractivity contribution in [1.29, 1.82) is 0 Å². The van der Waals surface area contributed by atoms with Crippen molar-refractivity contribution in [2.75, 3.05) is 35.4 Å². The molecule has 3 aromatic carbocycles. The van der Waals surface area contributed by atoms with Gasteiger partial charge in [-0.25, -0.2) is 4.98 Å². The summed E-state index contributed by atoms with van der Waals surface area (Å²) in [6.45, 7) is 0. The third kappa shape index (κ3) is 8.44. The van der Waals surface area contributed by atoms with Crippen molar-refractivity contribution in [3.05, 3.63) is 119 Å². The fraction of sp³-hybridized carbons (Fsp3) is 0.0909. The lowest BCUT2D eigenvalue weighted by atomic mass is 10.1. The molecule has 0 saturated carbocycles. The highest BCUT2D eigenvalue weighted by Crippen LogP contribution is 2.28. The van der Waals surface area contributed by atoms with Crippen LogP contribution in [0, 0.1) is 0 Å². The number of amides is 3. The largest absolute Gasteiger partial charge is 0.378 e. The quantitative estimate of drug-likeness (QED) is 0.105. The van der Waals surface area contributed by atoms with E-state index >= 15 is 0 Å². The third-order valence-corrected chi connectivity index (χ3v) is 8.92. The molecule has 44 heavy (non-hydrogen) atoms. The van der Waals surface area contributed by atoms with E-state index in [0.717, 1.165) is 26.7 Å². The summed E-state index contributed by atoms with van der Waals surface area (Å²) in [6.07, 6.45) is 1.64. The number of nitrogens with zero attached hydrogens (tertiary/aromatic N) is 2. The van der Waals surface area contributed by atoms with Gasteiger partial charge in [0, 0.05) is 41.3 Å². The molecule has 0 radical (unpaired) electrons. The van der Waals surface area contributed by atoms with Crippen molar-refractivity contribution in [3.8, 4) is 10.6 Å². The molecule has 0 aliphatic rings. The number of aromatic nitrogens is 1. The van der Waals surface area contributed by atoms with Crippen LogP contribution < -0.4 is 20.9 Å². The molecular formula is C33H29N5O3S3. The fourth-order valence-electron chi connectivity index (χ4n) is 3.98. The molecule has 0 saturated heterocycles. The fourth-order valence-corrected chi connectivity index (χ4v) is 6.17. The molecule has 0 aliphatic heterocycles. The molecule has 8 nitrogen and oxygen atoms in total. The number of nitrogens with one attached hydrogen (secondary N) is 3. The Balaban J connectivity index is 1.20. The molecule has 5 aromatic rings. The van der Waals surface area contributed by atoms with Crippen LogP contribution in [0.1, 0.15) is 15.9 Å². The summed E-state index contributed by atoms with van der Waals surface area (Å²) < 4.78 is 0. The molecule has 3 amide bonds. The minimum absolute atomic E-state index is 0.107. The molecule has 3 N–H and O–H groups in total. The summed E-state index contributed by atoms with van der Waals surface area (Å²) in [5.41, 5.74) is 3.73. The normalized spacial score (nSPS) is 11.1. The third-order valence-electron chi connectivity index (χ3n) is 6.26. The van der Waals surface area contributed by atoms with Gasteiger partial charge in [0.2, 0.25) is 5.91 Å². The first-order valence-electron chi connectivity index (χ1n) is 13.5. The first-order valence-corrected chi connectivity index (χ1v) is 16.3. The lowest BCUT2D eigenvalue weighted by Gasteiger charge is -2.13. The molecule has 222 valence electrons. The second-order valence-electron chi connectivity index (χ2n) is 9.69.